The van der Waals surface area contributed by atoms with Gasteiger partial charge in [-0.25, -0.2) is 4.79 Å². The lowest BCUT2D eigenvalue weighted by Crippen LogP contribution is -2.77. The number of carbonyl (C=O) groups excluding carboxylic acids is 1. The quantitative estimate of drug-likeness (QED) is 0.148. The topological polar surface area (TPSA) is 26.3 Å². The van der Waals surface area contributed by atoms with Gasteiger partial charge in [-0.2, -0.15) is 87.8 Å². The molecular weight excluding hydrogens is 580 g/mol. The highest BCUT2D eigenvalue weighted by Crippen LogP contribution is 2.66. The van der Waals surface area contributed by atoms with Crippen molar-refractivity contribution in [2.75, 3.05) is 0 Å². The molecule has 0 aromatic carbocycles. The Bertz CT molecular complexity index is 851. The molecule has 22 heteroatoms. The van der Waals surface area contributed by atoms with E-state index in [0.717, 1.165) is 0 Å². The van der Waals surface area contributed by atoms with Crippen LogP contribution in [0.4, 0.5) is 87.8 Å². The molecule has 0 aromatic rings. The average molecular weight is 586 g/mol. The first-order valence-electron chi connectivity index (χ1n) is 7.84. The van der Waals surface area contributed by atoms with Gasteiger partial charge in [-0.05, 0) is 0 Å². The third kappa shape index (κ3) is 4.10. The molecule has 0 heterocycles. The van der Waals surface area contributed by atoms with Crippen molar-refractivity contribution in [3.8, 4) is 0 Å². The van der Waals surface area contributed by atoms with Crippen LogP contribution in [0, 0.1) is 0 Å². The summed E-state index contributed by atoms with van der Waals surface area (Å²) in [5.74, 6) is -79.0. The van der Waals surface area contributed by atoms with Crippen LogP contribution < -0.4 is 0 Å². The minimum Gasteiger partial charge on any atom is -0.393 e. The van der Waals surface area contributed by atoms with E-state index in [4.69, 9.17) is 0 Å². The van der Waals surface area contributed by atoms with Crippen LogP contribution in [0.3, 0.4) is 0 Å². The van der Waals surface area contributed by atoms with E-state index in [2.05, 4.69) is 11.3 Å². The van der Waals surface area contributed by atoms with Crippen molar-refractivity contribution in [3.63, 3.8) is 0 Å². The lowest BCUT2D eigenvalue weighted by Gasteiger charge is -2.44. The summed E-state index contributed by atoms with van der Waals surface area (Å²) >= 11 is 0. The molecule has 214 valence electrons. The first-order valence-corrected chi connectivity index (χ1v) is 7.84. The predicted molar refractivity (Wildman–Crippen MR) is 71.4 cm³/mol. The van der Waals surface area contributed by atoms with E-state index in [9.17, 15) is 92.6 Å². The Morgan fingerprint density at radius 2 is 0.722 bits per heavy atom. The van der Waals surface area contributed by atoms with Gasteiger partial charge in [0.1, 0.15) is 0 Å². The third-order valence-electron chi connectivity index (χ3n) is 4.07. The molecule has 0 aliphatic rings. The summed E-state index contributed by atoms with van der Waals surface area (Å²) in [4.78, 5) is 10.5. The number of esters is 1. The molecule has 0 aromatic heterocycles. The first-order chi connectivity index (χ1) is 15.2. The van der Waals surface area contributed by atoms with Crippen molar-refractivity contribution in [2.24, 2.45) is 0 Å². The van der Waals surface area contributed by atoms with Gasteiger partial charge in [0.15, 0.2) is 0 Å². The zero-order valence-electron chi connectivity index (χ0n) is 16.2. The van der Waals surface area contributed by atoms with E-state index in [0.29, 0.717) is 0 Å². The monoisotopic (exact) mass is 586 g/mol. The van der Waals surface area contributed by atoms with Crippen LogP contribution in [0.25, 0.3) is 0 Å². The van der Waals surface area contributed by atoms with E-state index in [1.54, 1.807) is 0 Å². The molecule has 0 saturated carbocycles. The number of carbonyl (C=O) groups is 1. The molecular formula is C14H6F20O2. The minimum absolute atomic E-state index is 0.560. The summed E-state index contributed by atoms with van der Waals surface area (Å²) in [5, 5.41) is 0. The van der Waals surface area contributed by atoms with Gasteiger partial charge in [-0.3, -0.25) is 0 Å². The zero-order valence-corrected chi connectivity index (χ0v) is 16.2. The van der Waals surface area contributed by atoms with E-state index in [1.165, 1.54) is 0 Å². The SMILES string of the molecule is C=CC(=O)OC(F)(F)C(F)(F)C(F)(F)C(F)(F)C(F)(F)C(F)(F)C(F)(F)C(F)(F)C(F)(F)C(C)(F)F. The number of halogens is 20. The molecule has 0 rings (SSSR count). The zero-order chi connectivity index (χ0) is 30.0. The van der Waals surface area contributed by atoms with E-state index in [-0.39, 0.29) is 0 Å². The standard InChI is InChI=1S/C14H6F20O2/c1-3-4(35)36-14(33,34)13(31,32)12(29,30)11(27,28)10(25,26)9(23,24)8(21,22)7(19,20)6(17,18)5(2,15)16/h3H,1H2,2H3. The third-order valence-corrected chi connectivity index (χ3v) is 4.07. The van der Waals surface area contributed by atoms with Crippen molar-refractivity contribution >= 4 is 5.97 Å². The van der Waals surface area contributed by atoms with Crippen molar-refractivity contribution in [1.82, 2.24) is 0 Å². The number of ether oxygens (including phenoxy) is 1. The molecule has 2 nitrogen and oxygen atoms in total. The molecule has 0 radical (unpaired) electrons. The van der Waals surface area contributed by atoms with Gasteiger partial charge in [0.25, 0.3) is 0 Å². The molecule has 0 amide bonds. The Balaban J connectivity index is 7.05. The summed E-state index contributed by atoms with van der Waals surface area (Å²) < 4.78 is 267. The summed E-state index contributed by atoms with van der Waals surface area (Å²) in [6, 6.07) is 0. The molecule has 0 unspecified atom stereocenters. The first kappa shape index (κ1) is 33.8. The van der Waals surface area contributed by atoms with Gasteiger partial charge in [0, 0.05) is 13.0 Å². The van der Waals surface area contributed by atoms with Gasteiger partial charge in [-0.15, -0.1) is 0 Å². The molecule has 36 heavy (non-hydrogen) atoms. The summed E-state index contributed by atoms with van der Waals surface area (Å²) in [5.41, 5.74) is 0. The van der Waals surface area contributed by atoms with Crippen LogP contribution in [0.5, 0.6) is 0 Å². The van der Waals surface area contributed by atoms with Crippen molar-refractivity contribution in [1.29, 1.82) is 0 Å². The normalized spacial score (nSPS) is 16.1. The summed E-state index contributed by atoms with van der Waals surface area (Å²) in [6.45, 7) is 0.820. The molecule has 0 spiro atoms. The number of hydrogen-bond acceptors (Lipinski definition) is 2. The Morgan fingerprint density at radius 3 is 0.944 bits per heavy atom. The van der Waals surface area contributed by atoms with Gasteiger partial charge in [0.2, 0.25) is 0 Å². The van der Waals surface area contributed by atoms with Gasteiger partial charge in [-0.1, -0.05) is 6.58 Å². The minimum atomic E-state index is -9.13. The molecule has 0 saturated heterocycles. The van der Waals surface area contributed by atoms with Gasteiger partial charge in [0.05, 0.1) is 0 Å². The summed E-state index contributed by atoms with van der Waals surface area (Å²) in [6.07, 6.45) is -7.93. The lowest BCUT2D eigenvalue weighted by molar-refractivity contribution is -0.478. The van der Waals surface area contributed by atoms with Crippen molar-refractivity contribution in [3.05, 3.63) is 12.7 Å². The number of hydrogen-bond donors (Lipinski definition) is 0. The number of alkyl halides is 20. The second-order valence-electron chi connectivity index (χ2n) is 6.63. The highest BCUT2D eigenvalue weighted by atomic mass is 19.4. The van der Waals surface area contributed by atoms with Crippen molar-refractivity contribution < 1.29 is 97.3 Å². The van der Waals surface area contributed by atoms with Crippen LogP contribution in [0.1, 0.15) is 6.92 Å². The van der Waals surface area contributed by atoms with E-state index >= 15 is 0 Å². The highest BCUT2D eigenvalue weighted by molar-refractivity contribution is 5.81. The highest BCUT2D eigenvalue weighted by Gasteiger charge is 2.97. The molecule has 0 N–H and O–H groups in total. The fourth-order valence-electron chi connectivity index (χ4n) is 1.87. The molecule has 0 bridgehead atoms. The van der Waals surface area contributed by atoms with Gasteiger partial charge < -0.3 is 4.74 Å². The van der Waals surface area contributed by atoms with E-state index < -0.39 is 78.4 Å². The Hall–Kier alpha value is -2.19. The second-order valence-corrected chi connectivity index (χ2v) is 6.63. The van der Waals surface area contributed by atoms with E-state index in [1.807, 2.05) is 0 Å². The van der Waals surface area contributed by atoms with Crippen LogP contribution in [-0.2, 0) is 9.53 Å². The molecule has 0 fully saturated rings. The summed E-state index contributed by atoms with van der Waals surface area (Å²) in [7, 11) is 0. The fraction of sp³-hybridized carbons (Fsp3) is 0.786. The second kappa shape index (κ2) is 8.42. The van der Waals surface area contributed by atoms with Gasteiger partial charge >= 0.3 is 65.4 Å². The molecule has 0 atom stereocenters. The molecule has 0 aliphatic heterocycles. The van der Waals surface area contributed by atoms with Crippen LogP contribution in [0.2, 0.25) is 0 Å². The Morgan fingerprint density at radius 1 is 0.500 bits per heavy atom. The maximum absolute atomic E-state index is 13.5. The average Bonchev–Trinajstić information content (AvgIpc) is 2.65. The van der Waals surface area contributed by atoms with Crippen LogP contribution in [0.15, 0.2) is 12.7 Å². The lowest BCUT2D eigenvalue weighted by atomic mass is 9.86. The maximum atomic E-state index is 13.5. The van der Waals surface area contributed by atoms with Crippen molar-refractivity contribution in [2.45, 2.75) is 66.3 Å². The predicted octanol–water partition coefficient (Wildman–Crippen LogP) is 7.05. The Kier molecular flexibility index (Phi) is 7.90. The van der Waals surface area contributed by atoms with Crippen LogP contribution in [-0.4, -0.2) is 65.4 Å². The molecule has 0 aliphatic carbocycles. The number of rotatable bonds is 11. The maximum Gasteiger partial charge on any atom is 0.473 e. The fourth-order valence-corrected chi connectivity index (χ4v) is 1.87. The van der Waals surface area contributed by atoms with Crippen LogP contribution >= 0.6 is 0 Å². The smallest absolute Gasteiger partial charge is 0.393 e. The largest absolute Gasteiger partial charge is 0.473 e. The Labute approximate surface area is 183 Å².